The number of ketones is 1. The van der Waals surface area contributed by atoms with Crippen LogP contribution in [-0.2, 0) is 6.54 Å². The van der Waals surface area contributed by atoms with E-state index in [1.54, 1.807) is 19.1 Å². The molecule has 1 heterocycles. The molecule has 116 valence electrons. The lowest BCUT2D eigenvalue weighted by atomic mass is 10.1. The van der Waals surface area contributed by atoms with Gasteiger partial charge in [0.05, 0.1) is 17.1 Å². The third-order valence-electron chi connectivity index (χ3n) is 3.45. The van der Waals surface area contributed by atoms with Crippen LogP contribution in [-0.4, -0.2) is 20.7 Å². The highest BCUT2D eigenvalue weighted by Crippen LogP contribution is 2.20. The van der Waals surface area contributed by atoms with Crippen molar-refractivity contribution in [3.63, 3.8) is 0 Å². The van der Waals surface area contributed by atoms with Crippen LogP contribution >= 0.6 is 12.2 Å². The summed E-state index contributed by atoms with van der Waals surface area (Å²) in [7, 11) is 0. The summed E-state index contributed by atoms with van der Waals surface area (Å²) < 4.78 is 1.93. The molecule has 1 aromatic heterocycles. The number of anilines is 2. The highest BCUT2D eigenvalue weighted by Gasteiger charge is 2.12. The SMILES string of the molecule is CCn1nc(C)c(NC(=S)Nc2cccc(C(C)=O)c2)c1C. The Morgan fingerprint density at radius 2 is 2.05 bits per heavy atom. The summed E-state index contributed by atoms with van der Waals surface area (Å²) in [6.07, 6.45) is 0. The maximum absolute atomic E-state index is 11.4. The largest absolute Gasteiger partial charge is 0.332 e. The maximum atomic E-state index is 11.4. The Labute approximate surface area is 135 Å². The molecule has 0 radical (unpaired) electrons. The summed E-state index contributed by atoms with van der Waals surface area (Å²) in [6.45, 7) is 8.36. The fourth-order valence-electron chi connectivity index (χ4n) is 2.28. The normalized spacial score (nSPS) is 10.4. The van der Waals surface area contributed by atoms with Gasteiger partial charge in [0.25, 0.3) is 0 Å². The quantitative estimate of drug-likeness (QED) is 0.667. The van der Waals surface area contributed by atoms with E-state index in [-0.39, 0.29) is 5.78 Å². The van der Waals surface area contributed by atoms with Gasteiger partial charge >= 0.3 is 0 Å². The summed E-state index contributed by atoms with van der Waals surface area (Å²) in [5.74, 6) is 0.0263. The summed E-state index contributed by atoms with van der Waals surface area (Å²) >= 11 is 5.35. The molecular weight excluding hydrogens is 296 g/mol. The zero-order valence-corrected chi connectivity index (χ0v) is 14.0. The van der Waals surface area contributed by atoms with Crippen LogP contribution in [0.3, 0.4) is 0 Å². The van der Waals surface area contributed by atoms with Crippen molar-refractivity contribution in [1.82, 2.24) is 9.78 Å². The summed E-state index contributed by atoms with van der Waals surface area (Å²) in [5, 5.41) is 11.2. The lowest BCUT2D eigenvalue weighted by Crippen LogP contribution is -2.20. The third kappa shape index (κ3) is 3.51. The third-order valence-corrected chi connectivity index (χ3v) is 3.65. The van der Waals surface area contributed by atoms with Crippen LogP contribution in [0.2, 0.25) is 0 Å². The Balaban J connectivity index is 2.12. The van der Waals surface area contributed by atoms with Crippen molar-refractivity contribution < 1.29 is 4.79 Å². The minimum Gasteiger partial charge on any atom is -0.332 e. The summed E-state index contributed by atoms with van der Waals surface area (Å²) in [4.78, 5) is 11.4. The lowest BCUT2D eigenvalue weighted by molar-refractivity contribution is 0.101. The van der Waals surface area contributed by atoms with Gasteiger partial charge < -0.3 is 10.6 Å². The highest BCUT2D eigenvalue weighted by atomic mass is 32.1. The van der Waals surface area contributed by atoms with Gasteiger partial charge in [0.2, 0.25) is 0 Å². The smallest absolute Gasteiger partial charge is 0.175 e. The Bertz CT molecular complexity index is 721. The van der Waals surface area contributed by atoms with E-state index >= 15 is 0 Å². The number of aryl methyl sites for hydroxylation is 2. The van der Waals surface area contributed by atoms with Crippen molar-refractivity contribution in [2.24, 2.45) is 0 Å². The number of benzene rings is 1. The van der Waals surface area contributed by atoms with Crippen molar-refractivity contribution in [2.75, 3.05) is 10.6 Å². The number of hydrogen-bond acceptors (Lipinski definition) is 3. The Morgan fingerprint density at radius 1 is 1.32 bits per heavy atom. The van der Waals surface area contributed by atoms with Gasteiger partial charge in [-0.05, 0) is 52.0 Å². The fraction of sp³-hybridized carbons (Fsp3) is 0.312. The number of carbonyl (C=O) groups excluding carboxylic acids is 1. The van der Waals surface area contributed by atoms with Crippen molar-refractivity contribution in [3.8, 4) is 0 Å². The van der Waals surface area contributed by atoms with E-state index in [0.717, 1.165) is 29.3 Å². The summed E-state index contributed by atoms with van der Waals surface area (Å²) in [6, 6.07) is 7.26. The average Bonchev–Trinajstić information content (AvgIpc) is 2.75. The van der Waals surface area contributed by atoms with Crippen LogP contribution in [0.15, 0.2) is 24.3 Å². The number of nitrogens with zero attached hydrogens (tertiary/aromatic N) is 2. The molecule has 0 aliphatic heterocycles. The lowest BCUT2D eigenvalue weighted by Gasteiger charge is -2.11. The first-order valence-corrected chi connectivity index (χ1v) is 7.56. The van der Waals surface area contributed by atoms with Crippen molar-refractivity contribution >= 4 is 34.5 Å². The van der Waals surface area contributed by atoms with Crippen LogP contribution in [0, 0.1) is 13.8 Å². The molecule has 0 saturated carbocycles. The van der Waals surface area contributed by atoms with E-state index in [0.29, 0.717) is 10.7 Å². The molecule has 0 fully saturated rings. The molecule has 2 aromatic rings. The second kappa shape index (κ2) is 6.70. The Morgan fingerprint density at radius 3 is 2.64 bits per heavy atom. The number of nitrogens with one attached hydrogen (secondary N) is 2. The van der Waals surface area contributed by atoms with Crippen LogP contribution < -0.4 is 10.6 Å². The second-order valence-corrected chi connectivity index (χ2v) is 5.49. The number of aromatic nitrogens is 2. The molecule has 2 N–H and O–H groups in total. The van der Waals surface area contributed by atoms with Crippen LogP contribution in [0.5, 0.6) is 0 Å². The minimum atomic E-state index is 0.0263. The first-order valence-electron chi connectivity index (χ1n) is 7.15. The Hall–Kier alpha value is -2.21. The molecule has 5 nitrogen and oxygen atoms in total. The monoisotopic (exact) mass is 316 g/mol. The maximum Gasteiger partial charge on any atom is 0.175 e. The molecule has 22 heavy (non-hydrogen) atoms. The standard InChI is InChI=1S/C16H20N4OS/c1-5-20-11(3)15(10(2)19-20)18-16(22)17-14-8-6-7-13(9-14)12(4)21/h6-9H,5H2,1-4H3,(H2,17,18,22). The molecule has 0 bridgehead atoms. The topological polar surface area (TPSA) is 59.0 Å². The van der Waals surface area contributed by atoms with Gasteiger partial charge in [-0.25, -0.2) is 0 Å². The van der Waals surface area contributed by atoms with E-state index in [1.807, 2.05) is 37.6 Å². The van der Waals surface area contributed by atoms with E-state index < -0.39 is 0 Å². The van der Waals surface area contributed by atoms with Crippen LogP contribution in [0.25, 0.3) is 0 Å². The second-order valence-electron chi connectivity index (χ2n) is 5.08. The van der Waals surface area contributed by atoms with Crippen molar-refractivity contribution in [1.29, 1.82) is 0 Å². The van der Waals surface area contributed by atoms with Gasteiger partial charge in [-0.1, -0.05) is 12.1 Å². The fourth-order valence-corrected chi connectivity index (χ4v) is 2.50. The predicted molar refractivity (Wildman–Crippen MR) is 93.7 cm³/mol. The number of carbonyl (C=O) groups is 1. The van der Waals surface area contributed by atoms with Gasteiger partial charge in [0, 0.05) is 17.8 Å². The van der Waals surface area contributed by atoms with Crippen molar-refractivity contribution in [2.45, 2.75) is 34.2 Å². The van der Waals surface area contributed by atoms with Gasteiger partial charge in [-0.2, -0.15) is 5.10 Å². The molecule has 0 spiro atoms. The van der Waals surface area contributed by atoms with E-state index in [2.05, 4.69) is 15.7 Å². The van der Waals surface area contributed by atoms with Crippen LogP contribution in [0.4, 0.5) is 11.4 Å². The molecule has 0 amide bonds. The number of rotatable bonds is 4. The molecular formula is C16H20N4OS. The molecule has 0 aliphatic rings. The zero-order valence-electron chi connectivity index (χ0n) is 13.2. The van der Waals surface area contributed by atoms with Crippen LogP contribution in [0.1, 0.15) is 35.6 Å². The molecule has 0 saturated heterocycles. The molecule has 0 unspecified atom stereocenters. The van der Waals surface area contributed by atoms with Gasteiger partial charge in [-0.3, -0.25) is 9.48 Å². The minimum absolute atomic E-state index is 0.0263. The highest BCUT2D eigenvalue weighted by molar-refractivity contribution is 7.80. The molecule has 0 aliphatic carbocycles. The zero-order chi connectivity index (χ0) is 16.3. The average molecular weight is 316 g/mol. The first-order chi connectivity index (χ1) is 10.4. The predicted octanol–water partition coefficient (Wildman–Crippen LogP) is 3.53. The number of Topliss-reactive ketones (excluding diaryl/α,β-unsaturated/α-hetero) is 1. The van der Waals surface area contributed by atoms with Gasteiger partial charge in [-0.15, -0.1) is 0 Å². The number of thiocarbonyl (C=S) groups is 1. The molecule has 2 rings (SSSR count). The molecule has 0 atom stereocenters. The number of hydrogen-bond donors (Lipinski definition) is 2. The van der Waals surface area contributed by atoms with Gasteiger partial charge in [0.15, 0.2) is 10.9 Å². The first kappa shape index (κ1) is 16.2. The van der Waals surface area contributed by atoms with Crippen molar-refractivity contribution in [3.05, 3.63) is 41.2 Å². The van der Waals surface area contributed by atoms with Gasteiger partial charge in [0.1, 0.15) is 0 Å². The van der Waals surface area contributed by atoms with E-state index in [1.165, 1.54) is 0 Å². The van der Waals surface area contributed by atoms with E-state index in [9.17, 15) is 4.79 Å². The summed E-state index contributed by atoms with van der Waals surface area (Å²) in [5.41, 5.74) is 4.30. The van der Waals surface area contributed by atoms with E-state index in [4.69, 9.17) is 12.2 Å². The molecule has 6 heteroatoms. The Kier molecular flexibility index (Phi) is 4.92. The molecule has 1 aromatic carbocycles.